The number of allylic oxidation sites excluding steroid dienone is 1. The lowest BCUT2D eigenvalue weighted by atomic mass is 10.0. The smallest absolute Gasteiger partial charge is 0.307 e. The van der Waals surface area contributed by atoms with E-state index < -0.39 is 5.97 Å². The Morgan fingerprint density at radius 2 is 2.12 bits per heavy atom. The molecule has 0 heterocycles. The highest BCUT2D eigenvalue weighted by Gasteiger charge is 2.29. The second-order valence-electron chi connectivity index (χ2n) is 4.58. The maximum atomic E-state index is 11.8. The van der Waals surface area contributed by atoms with Crippen LogP contribution in [0.3, 0.4) is 0 Å². The van der Waals surface area contributed by atoms with Crippen molar-refractivity contribution in [3.05, 3.63) is 11.1 Å². The van der Waals surface area contributed by atoms with E-state index in [4.69, 9.17) is 5.11 Å². The van der Waals surface area contributed by atoms with Gasteiger partial charge in [0.25, 0.3) is 0 Å². The molecule has 0 aromatic carbocycles. The molecule has 0 amide bonds. The van der Waals surface area contributed by atoms with Crippen molar-refractivity contribution in [3.63, 3.8) is 0 Å². The SMILES string of the molecule is CCCCCC1=C(CC(=O)O)CC(C)C1=O. The predicted octanol–water partition coefficient (Wildman–Crippen LogP) is 2.95. The summed E-state index contributed by atoms with van der Waals surface area (Å²) < 4.78 is 0. The van der Waals surface area contributed by atoms with Crippen LogP contribution in [0.5, 0.6) is 0 Å². The Hall–Kier alpha value is -1.12. The lowest BCUT2D eigenvalue weighted by Gasteiger charge is -2.03. The molecular formula is C13H20O3. The zero-order chi connectivity index (χ0) is 12.1. The third-order valence-corrected chi connectivity index (χ3v) is 3.12. The number of carbonyl (C=O) groups is 2. The molecule has 0 radical (unpaired) electrons. The third-order valence-electron chi connectivity index (χ3n) is 3.12. The fourth-order valence-electron chi connectivity index (χ4n) is 2.27. The normalized spacial score (nSPS) is 20.6. The van der Waals surface area contributed by atoms with Gasteiger partial charge in [-0.3, -0.25) is 9.59 Å². The lowest BCUT2D eigenvalue weighted by molar-refractivity contribution is -0.136. The van der Waals surface area contributed by atoms with Crippen LogP contribution in [0.4, 0.5) is 0 Å². The van der Waals surface area contributed by atoms with Gasteiger partial charge in [0, 0.05) is 5.92 Å². The van der Waals surface area contributed by atoms with E-state index in [0.29, 0.717) is 6.42 Å². The summed E-state index contributed by atoms with van der Waals surface area (Å²) in [6.07, 6.45) is 4.66. The van der Waals surface area contributed by atoms with Gasteiger partial charge in [-0.15, -0.1) is 0 Å². The number of hydrogen-bond acceptors (Lipinski definition) is 2. The molecule has 0 bridgehead atoms. The van der Waals surface area contributed by atoms with Crippen molar-refractivity contribution in [1.82, 2.24) is 0 Å². The highest BCUT2D eigenvalue weighted by atomic mass is 16.4. The van der Waals surface area contributed by atoms with Gasteiger partial charge in [-0.25, -0.2) is 0 Å². The minimum absolute atomic E-state index is 0.00836. The molecule has 1 aliphatic rings. The Labute approximate surface area is 96.5 Å². The van der Waals surface area contributed by atoms with Gasteiger partial charge >= 0.3 is 5.97 Å². The second kappa shape index (κ2) is 5.83. The largest absolute Gasteiger partial charge is 0.481 e. The first-order valence-electron chi connectivity index (χ1n) is 6.03. The van der Waals surface area contributed by atoms with Crippen molar-refractivity contribution >= 4 is 11.8 Å². The molecule has 0 aliphatic heterocycles. The van der Waals surface area contributed by atoms with Gasteiger partial charge in [0.1, 0.15) is 0 Å². The van der Waals surface area contributed by atoms with Gasteiger partial charge in [0.05, 0.1) is 6.42 Å². The van der Waals surface area contributed by atoms with Crippen LogP contribution in [0.2, 0.25) is 0 Å². The Morgan fingerprint density at radius 3 is 2.69 bits per heavy atom. The molecular weight excluding hydrogens is 204 g/mol. The molecule has 0 spiro atoms. The summed E-state index contributed by atoms with van der Waals surface area (Å²) in [5, 5.41) is 8.79. The van der Waals surface area contributed by atoms with E-state index in [-0.39, 0.29) is 18.1 Å². The van der Waals surface area contributed by atoms with Crippen LogP contribution in [0, 0.1) is 5.92 Å². The van der Waals surface area contributed by atoms with Crippen LogP contribution in [0.1, 0.15) is 52.4 Å². The van der Waals surface area contributed by atoms with Crippen LogP contribution in [-0.4, -0.2) is 16.9 Å². The van der Waals surface area contributed by atoms with E-state index in [1.165, 1.54) is 0 Å². The van der Waals surface area contributed by atoms with E-state index in [2.05, 4.69) is 6.92 Å². The molecule has 0 saturated carbocycles. The molecule has 1 unspecified atom stereocenters. The Bertz CT molecular complexity index is 315. The van der Waals surface area contributed by atoms with Gasteiger partial charge in [-0.05, 0) is 24.8 Å². The number of unbranched alkanes of at least 4 members (excludes halogenated alkanes) is 2. The number of carbonyl (C=O) groups excluding carboxylic acids is 1. The quantitative estimate of drug-likeness (QED) is 0.706. The lowest BCUT2D eigenvalue weighted by Crippen LogP contribution is -2.05. The molecule has 0 aromatic heterocycles. The fraction of sp³-hybridized carbons (Fsp3) is 0.692. The second-order valence-corrected chi connectivity index (χ2v) is 4.58. The van der Waals surface area contributed by atoms with Crippen LogP contribution >= 0.6 is 0 Å². The number of carboxylic acids is 1. The van der Waals surface area contributed by atoms with Crippen LogP contribution in [0.15, 0.2) is 11.1 Å². The van der Waals surface area contributed by atoms with Crippen LogP contribution in [0.25, 0.3) is 0 Å². The summed E-state index contributed by atoms with van der Waals surface area (Å²) in [5.41, 5.74) is 1.67. The molecule has 1 atom stereocenters. The zero-order valence-corrected chi connectivity index (χ0v) is 10.1. The average molecular weight is 224 g/mol. The number of ketones is 1. The fourth-order valence-corrected chi connectivity index (χ4v) is 2.27. The highest BCUT2D eigenvalue weighted by Crippen LogP contribution is 2.33. The first-order chi connectivity index (χ1) is 7.56. The first-order valence-corrected chi connectivity index (χ1v) is 6.03. The Balaban J connectivity index is 2.69. The molecule has 90 valence electrons. The summed E-state index contributed by atoms with van der Waals surface area (Å²) >= 11 is 0. The van der Waals surface area contributed by atoms with Gasteiger partial charge in [0.15, 0.2) is 5.78 Å². The van der Waals surface area contributed by atoms with E-state index in [0.717, 1.165) is 36.8 Å². The summed E-state index contributed by atoms with van der Waals surface area (Å²) in [6, 6.07) is 0. The van der Waals surface area contributed by atoms with Crippen molar-refractivity contribution in [2.24, 2.45) is 5.92 Å². The average Bonchev–Trinajstić information content (AvgIpc) is 2.45. The minimum Gasteiger partial charge on any atom is -0.481 e. The maximum Gasteiger partial charge on any atom is 0.307 e. The zero-order valence-electron chi connectivity index (χ0n) is 10.1. The number of aliphatic carboxylic acids is 1. The van der Waals surface area contributed by atoms with Crippen LogP contribution in [-0.2, 0) is 9.59 Å². The van der Waals surface area contributed by atoms with Gasteiger partial charge in [-0.1, -0.05) is 32.3 Å². The van der Waals surface area contributed by atoms with Gasteiger partial charge in [0.2, 0.25) is 0 Å². The number of carboxylic acid groups (broad SMARTS) is 1. The van der Waals surface area contributed by atoms with Crippen molar-refractivity contribution < 1.29 is 14.7 Å². The van der Waals surface area contributed by atoms with Gasteiger partial charge < -0.3 is 5.11 Å². The number of rotatable bonds is 6. The number of Topliss-reactive ketones (excluding diaryl/α,β-unsaturated/α-hetero) is 1. The van der Waals surface area contributed by atoms with Crippen molar-refractivity contribution in [3.8, 4) is 0 Å². The van der Waals surface area contributed by atoms with E-state index in [9.17, 15) is 9.59 Å². The van der Waals surface area contributed by atoms with E-state index in [1.54, 1.807) is 0 Å². The summed E-state index contributed by atoms with van der Waals surface area (Å²) in [6.45, 7) is 4.00. The molecule has 1 N–H and O–H groups in total. The monoisotopic (exact) mass is 224 g/mol. The molecule has 16 heavy (non-hydrogen) atoms. The molecule has 1 aliphatic carbocycles. The topological polar surface area (TPSA) is 54.4 Å². The summed E-state index contributed by atoms with van der Waals surface area (Å²) in [5.74, 6) is -0.664. The predicted molar refractivity (Wildman–Crippen MR) is 62.2 cm³/mol. The number of hydrogen-bond donors (Lipinski definition) is 1. The molecule has 3 heteroatoms. The highest BCUT2D eigenvalue weighted by molar-refractivity contribution is 6.01. The molecule has 0 aromatic rings. The molecule has 3 nitrogen and oxygen atoms in total. The van der Waals surface area contributed by atoms with Crippen LogP contribution < -0.4 is 0 Å². The Morgan fingerprint density at radius 1 is 1.44 bits per heavy atom. The minimum atomic E-state index is -0.829. The third kappa shape index (κ3) is 3.19. The van der Waals surface area contributed by atoms with Crippen molar-refractivity contribution in [2.75, 3.05) is 0 Å². The molecule has 1 rings (SSSR count). The molecule has 0 saturated heterocycles. The van der Waals surface area contributed by atoms with Crippen molar-refractivity contribution in [2.45, 2.75) is 52.4 Å². The van der Waals surface area contributed by atoms with E-state index in [1.807, 2.05) is 6.92 Å². The first kappa shape index (κ1) is 12.9. The van der Waals surface area contributed by atoms with E-state index >= 15 is 0 Å². The Kier molecular flexibility index (Phi) is 4.71. The summed E-state index contributed by atoms with van der Waals surface area (Å²) in [4.78, 5) is 22.5. The summed E-state index contributed by atoms with van der Waals surface area (Å²) in [7, 11) is 0. The maximum absolute atomic E-state index is 11.8. The van der Waals surface area contributed by atoms with Crippen molar-refractivity contribution in [1.29, 1.82) is 0 Å². The molecule has 0 fully saturated rings. The van der Waals surface area contributed by atoms with Gasteiger partial charge in [-0.2, -0.15) is 0 Å². The standard InChI is InChI=1S/C13H20O3/c1-3-4-5-6-11-10(8-12(14)15)7-9(2)13(11)16/h9H,3-8H2,1-2H3,(H,14,15).